The topological polar surface area (TPSA) is 169 Å². The quantitative estimate of drug-likeness (QED) is 0.353. The molecule has 0 aliphatic heterocycles. The van der Waals surface area contributed by atoms with E-state index in [0.29, 0.717) is 36.5 Å². The van der Waals surface area contributed by atoms with E-state index < -0.39 is 30.3 Å². The fourth-order valence-corrected chi connectivity index (χ4v) is 3.82. The molecule has 11 heteroatoms. The maximum Gasteiger partial charge on any atom is 0.252 e. The van der Waals surface area contributed by atoms with Gasteiger partial charge in [-0.3, -0.25) is 9.36 Å². The fraction of sp³-hybridized carbons (Fsp3) is 0.619. The van der Waals surface area contributed by atoms with Crippen LogP contribution in [0.5, 0.6) is 0 Å². The van der Waals surface area contributed by atoms with Crippen LogP contribution in [-0.4, -0.2) is 71.7 Å². The van der Waals surface area contributed by atoms with Crippen LogP contribution in [0.3, 0.4) is 0 Å². The van der Waals surface area contributed by atoms with E-state index in [0.717, 1.165) is 12.8 Å². The van der Waals surface area contributed by atoms with E-state index >= 15 is 0 Å². The average molecular weight is 447 g/mol. The van der Waals surface area contributed by atoms with Crippen LogP contribution in [-0.2, 0) is 16.3 Å². The summed E-state index contributed by atoms with van der Waals surface area (Å²) in [5.41, 5.74) is 5.60. The number of ether oxygens (including phenoxy) is 1. The molecule has 1 unspecified atom stereocenters. The molecule has 0 spiro atoms. The van der Waals surface area contributed by atoms with E-state index in [1.165, 1.54) is 10.9 Å². The van der Waals surface area contributed by atoms with Gasteiger partial charge in [-0.1, -0.05) is 19.3 Å². The summed E-state index contributed by atoms with van der Waals surface area (Å²) in [4.78, 5) is 24.9. The molecule has 6 N–H and O–H groups in total. The molecule has 0 radical (unpaired) electrons. The van der Waals surface area contributed by atoms with Crippen molar-refractivity contribution >= 4 is 22.9 Å². The number of aliphatic hydroxyl groups excluding tert-OH is 2. The molecule has 2 aromatic rings. The van der Waals surface area contributed by atoms with Gasteiger partial charge >= 0.3 is 0 Å². The molecule has 0 bridgehead atoms. The van der Waals surface area contributed by atoms with Crippen molar-refractivity contribution in [1.29, 1.82) is 0 Å². The summed E-state index contributed by atoms with van der Waals surface area (Å²) in [6, 6.07) is 0. The second kappa shape index (κ2) is 10.2. The molecular formula is C21H30N6O5. The molecule has 0 saturated heterocycles. The van der Waals surface area contributed by atoms with Crippen LogP contribution in [0.25, 0.3) is 11.2 Å². The molecule has 11 nitrogen and oxygen atoms in total. The van der Waals surface area contributed by atoms with Crippen molar-refractivity contribution in [3.63, 3.8) is 0 Å². The minimum atomic E-state index is -1.39. The Morgan fingerprint density at radius 2 is 2.28 bits per heavy atom. The Morgan fingerprint density at radius 3 is 2.97 bits per heavy atom. The van der Waals surface area contributed by atoms with Gasteiger partial charge in [0.05, 0.1) is 12.9 Å². The molecule has 3 rings (SSSR count). The Bertz CT molecular complexity index is 1020. The van der Waals surface area contributed by atoms with Gasteiger partial charge in [-0.15, -0.1) is 0 Å². The number of aromatic nitrogens is 4. The Balaban J connectivity index is 1.83. The lowest BCUT2D eigenvalue weighted by molar-refractivity contribution is -0.147. The molecule has 1 fully saturated rings. The van der Waals surface area contributed by atoms with Crippen LogP contribution in [0.1, 0.15) is 45.4 Å². The number of carbonyl (C=O) groups excluding carboxylic acids is 1. The second-order valence-corrected chi connectivity index (χ2v) is 8.16. The van der Waals surface area contributed by atoms with E-state index in [-0.39, 0.29) is 18.4 Å². The third-order valence-electron chi connectivity index (χ3n) is 5.41. The number of fused-ring (bicyclic) bond motifs is 1. The van der Waals surface area contributed by atoms with Gasteiger partial charge in [0.15, 0.2) is 17.6 Å². The van der Waals surface area contributed by atoms with Crippen molar-refractivity contribution < 1.29 is 24.9 Å². The molecule has 32 heavy (non-hydrogen) atoms. The van der Waals surface area contributed by atoms with Gasteiger partial charge in [-0.25, -0.2) is 15.0 Å². The molecule has 2 aromatic heterocycles. The monoisotopic (exact) mass is 446 g/mol. The third-order valence-corrected chi connectivity index (χ3v) is 5.41. The number of anilines is 1. The van der Waals surface area contributed by atoms with Crippen molar-refractivity contribution in [3.8, 4) is 11.8 Å². The van der Waals surface area contributed by atoms with Crippen LogP contribution in [0.2, 0.25) is 0 Å². The SMILES string of the molecule is CCNC(=O)[C@@H](OCn1cnc2c(N)nc(C#C[C@@]3(O)CCC[C@@H](C)C3)nc21)C(O)CO. The number of nitrogens with one attached hydrogen (secondary N) is 1. The Kier molecular flexibility index (Phi) is 7.63. The second-order valence-electron chi connectivity index (χ2n) is 8.16. The number of carbonyl (C=O) groups is 1. The van der Waals surface area contributed by atoms with Crippen molar-refractivity contribution in [1.82, 2.24) is 24.8 Å². The molecule has 174 valence electrons. The fourth-order valence-electron chi connectivity index (χ4n) is 3.82. The molecule has 0 aromatic carbocycles. The summed E-state index contributed by atoms with van der Waals surface area (Å²) in [6.07, 6.45) is 1.92. The first-order valence-corrected chi connectivity index (χ1v) is 10.7. The Hall–Kier alpha value is -2.78. The van der Waals surface area contributed by atoms with Gasteiger partial charge in [0.1, 0.15) is 24.0 Å². The molecule has 4 atom stereocenters. The maximum absolute atomic E-state index is 12.1. The molecule has 1 amide bonds. The van der Waals surface area contributed by atoms with Crippen molar-refractivity contribution in [2.24, 2.45) is 5.92 Å². The lowest BCUT2D eigenvalue weighted by atomic mass is 9.79. The smallest absolute Gasteiger partial charge is 0.252 e. The number of nitrogens with zero attached hydrogens (tertiary/aromatic N) is 4. The number of rotatable bonds is 7. The van der Waals surface area contributed by atoms with Gasteiger partial charge in [-0.05, 0) is 38.0 Å². The lowest BCUT2D eigenvalue weighted by Crippen LogP contribution is -2.45. The Morgan fingerprint density at radius 1 is 1.50 bits per heavy atom. The normalized spacial score (nSPS) is 22.7. The lowest BCUT2D eigenvalue weighted by Gasteiger charge is -2.30. The number of hydrogen-bond donors (Lipinski definition) is 5. The zero-order valence-corrected chi connectivity index (χ0v) is 18.3. The summed E-state index contributed by atoms with van der Waals surface area (Å²) in [7, 11) is 0. The van der Waals surface area contributed by atoms with Crippen LogP contribution in [0, 0.1) is 17.8 Å². The molecule has 1 aliphatic rings. The van der Waals surface area contributed by atoms with Crippen LogP contribution in [0.4, 0.5) is 5.82 Å². The number of nitrogens with two attached hydrogens (primary N) is 1. The largest absolute Gasteiger partial charge is 0.394 e. The van der Waals surface area contributed by atoms with Crippen molar-refractivity contribution in [3.05, 3.63) is 12.2 Å². The van der Waals surface area contributed by atoms with E-state index in [1.807, 2.05) is 0 Å². The highest BCUT2D eigenvalue weighted by Crippen LogP contribution is 2.31. The van der Waals surface area contributed by atoms with Gasteiger partial charge in [-0.2, -0.15) is 0 Å². The van der Waals surface area contributed by atoms with Crippen LogP contribution in [0.15, 0.2) is 6.33 Å². The number of hydrogen-bond acceptors (Lipinski definition) is 9. The highest BCUT2D eigenvalue weighted by molar-refractivity contribution is 5.82. The maximum atomic E-state index is 12.1. The summed E-state index contributed by atoms with van der Waals surface area (Å²) >= 11 is 0. The van der Waals surface area contributed by atoms with Gasteiger partial charge in [0, 0.05) is 6.54 Å². The number of imidazole rings is 1. The standard InChI is InChI=1S/C21H30N6O5/c1-3-23-20(30)17(14(29)10-28)32-12-27-11-24-16-18(22)25-15(26-19(16)27)6-8-21(31)7-4-5-13(2)9-21/h11,13-14,17,28-29,31H,3-5,7,9-10,12H2,1-2H3,(H,23,30)(H2,22,25,26)/t13-,14?,17+,21+/m1/s1. The zero-order valence-electron chi connectivity index (χ0n) is 18.3. The predicted molar refractivity (Wildman–Crippen MR) is 116 cm³/mol. The number of likely N-dealkylation sites (N-methyl/N-ethyl adjacent to an activating group) is 1. The number of nitrogen functional groups attached to an aromatic ring is 1. The zero-order chi connectivity index (χ0) is 23.3. The summed E-state index contributed by atoms with van der Waals surface area (Å²) < 4.78 is 7.04. The number of aliphatic hydroxyl groups is 3. The van der Waals surface area contributed by atoms with Crippen molar-refractivity contribution in [2.45, 2.75) is 64.1 Å². The van der Waals surface area contributed by atoms with E-state index in [9.17, 15) is 20.1 Å². The summed E-state index contributed by atoms with van der Waals surface area (Å²) in [6.45, 7) is 3.35. The first-order valence-electron chi connectivity index (χ1n) is 10.7. The average Bonchev–Trinajstić information content (AvgIpc) is 3.16. The van der Waals surface area contributed by atoms with Gasteiger partial charge in [0.2, 0.25) is 5.82 Å². The van der Waals surface area contributed by atoms with Crippen LogP contribution < -0.4 is 11.1 Å². The summed E-state index contributed by atoms with van der Waals surface area (Å²) in [5.74, 6) is 5.84. The third kappa shape index (κ3) is 5.52. The molecule has 2 heterocycles. The van der Waals surface area contributed by atoms with E-state index in [4.69, 9.17) is 10.5 Å². The molecule has 1 aliphatic carbocycles. The first kappa shape index (κ1) is 23.9. The minimum absolute atomic E-state index is 0.123. The van der Waals surface area contributed by atoms with Gasteiger partial charge in [0.25, 0.3) is 5.91 Å². The summed E-state index contributed by atoms with van der Waals surface area (Å²) in [5, 5.41) is 32.4. The number of amides is 1. The predicted octanol–water partition coefficient (Wildman–Crippen LogP) is -0.467. The van der Waals surface area contributed by atoms with Gasteiger partial charge < -0.3 is 31.1 Å². The highest BCUT2D eigenvalue weighted by Gasteiger charge is 2.31. The Labute approximate surface area is 186 Å². The molecular weight excluding hydrogens is 416 g/mol. The van der Waals surface area contributed by atoms with Crippen LogP contribution >= 0.6 is 0 Å². The highest BCUT2D eigenvalue weighted by atomic mass is 16.5. The molecule has 1 saturated carbocycles. The van der Waals surface area contributed by atoms with Crippen molar-refractivity contribution in [2.75, 3.05) is 18.9 Å². The minimum Gasteiger partial charge on any atom is -0.394 e. The first-order chi connectivity index (χ1) is 15.3. The van der Waals surface area contributed by atoms with E-state index in [1.54, 1.807) is 6.92 Å². The van der Waals surface area contributed by atoms with E-state index in [2.05, 4.69) is 39.0 Å².